The Morgan fingerprint density at radius 1 is 1.09 bits per heavy atom. The molecule has 1 aliphatic carbocycles. The molecule has 172 valence electrons. The lowest BCUT2D eigenvalue weighted by atomic mass is 9.82. The van der Waals surface area contributed by atoms with Crippen LogP contribution in [0.25, 0.3) is 0 Å². The monoisotopic (exact) mass is 437 g/mol. The lowest BCUT2D eigenvalue weighted by Crippen LogP contribution is -2.51. The lowest BCUT2D eigenvalue weighted by Gasteiger charge is -2.42. The molecule has 2 aliphatic heterocycles. The van der Waals surface area contributed by atoms with E-state index in [0.29, 0.717) is 24.9 Å². The molecule has 1 N–H and O–H groups in total. The first-order chi connectivity index (χ1) is 15.8. The molecule has 2 saturated heterocycles. The molecule has 3 fully saturated rings. The van der Waals surface area contributed by atoms with Crippen molar-refractivity contribution < 1.29 is 14.3 Å². The summed E-state index contributed by atoms with van der Waals surface area (Å²) in [7, 11) is 0. The second-order valence-corrected chi connectivity index (χ2v) is 9.74. The van der Waals surface area contributed by atoms with Crippen LogP contribution < -0.4 is 0 Å². The first-order valence-corrected chi connectivity index (χ1v) is 12.3. The summed E-state index contributed by atoms with van der Waals surface area (Å²) in [6.45, 7) is 2.87. The van der Waals surface area contributed by atoms with Crippen LogP contribution in [0.1, 0.15) is 68.0 Å². The Morgan fingerprint density at radius 2 is 1.91 bits per heavy atom. The minimum absolute atomic E-state index is 0.0736. The van der Waals surface area contributed by atoms with Crippen molar-refractivity contribution in [2.45, 2.75) is 68.9 Å². The van der Waals surface area contributed by atoms with Gasteiger partial charge in [0.25, 0.3) is 0 Å². The highest BCUT2D eigenvalue weighted by atomic mass is 16.5. The van der Waals surface area contributed by atoms with Crippen LogP contribution in [0.3, 0.4) is 0 Å². The zero-order valence-corrected chi connectivity index (χ0v) is 18.8. The Bertz CT molecular complexity index is 844. The number of nitrogens with zero attached hydrogens (tertiary/aromatic N) is 2. The van der Waals surface area contributed by atoms with Gasteiger partial charge < -0.3 is 14.4 Å². The number of likely N-dealkylation sites (tertiary alicyclic amines) is 1. The summed E-state index contributed by atoms with van der Waals surface area (Å²) >= 11 is 0. The van der Waals surface area contributed by atoms with Crippen LogP contribution in [0.5, 0.6) is 0 Å². The minimum Gasteiger partial charge on any atom is -0.381 e. The van der Waals surface area contributed by atoms with Crippen LogP contribution in [0.15, 0.2) is 42.6 Å². The summed E-state index contributed by atoms with van der Waals surface area (Å²) in [6.07, 6.45) is 9.31. The van der Waals surface area contributed by atoms with E-state index in [1.165, 1.54) is 18.4 Å². The van der Waals surface area contributed by atoms with Gasteiger partial charge in [-0.25, -0.2) is 0 Å². The molecule has 1 aromatic carbocycles. The molecule has 1 aromatic heterocycles. The number of nitrogens with one attached hydrogen (secondary N) is 1. The third kappa shape index (κ3) is 4.91. The van der Waals surface area contributed by atoms with Crippen LogP contribution in [0.2, 0.25) is 0 Å². The number of benzene rings is 1. The molecule has 5 rings (SSSR count). The van der Waals surface area contributed by atoms with Gasteiger partial charge in [0.15, 0.2) is 0 Å². The van der Waals surface area contributed by atoms with E-state index in [0.717, 1.165) is 51.1 Å². The van der Waals surface area contributed by atoms with Gasteiger partial charge in [0.1, 0.15) is 0 Å². The maximum atomic E-state index is 13.2. The topological polar surface area (TPSA) is 67.5 Å². The number of piperidine rings is 1. The van der Waals surface area contributed by atoms with Gasteiger partial charge >= 0.3 is 0 Å². The summed E-state index contributed by atoms with van der Waals surface area (Å²) in [5, 5.41) is 7.33. The van der Waals surface area contributed by atoms with Gasteiger partial charge in [-0.05, 0) is 56.1 Å². The molecule has 3 heterocycles. The maximum absolute atomic E-state index is 13.2. The summed E-state index contributed by atoms with van der Waals surface area (Å²) in [5.41, 5.74) is 2.57. The Hall–Kier alpha value is -2.18. The molecule has 0 bridgehead atoms. The summed E-state index contributed by atoms with van der Waals surface area (Å²) in [4.78, 5) is 15.3. The number of ether oxygens (including phenoxy) is 2. The molecule has 6 nitrogen and oxygen atoms in total. The second kappa shape index (κ2) is 10.2. The van der Waals surface area contributed by atoms with Crippen molar-refractivity contribution in [1.29, 1.82) is 0 Å². The third-order valence-electron chi connectivity index (χ3n) is 7.64. The molecular weight excluding hydrogens is 402 g/mol. The first-order valence-electron chi connectivity index (χ1n) is 12.3. The third-order valence-corrected chi connectivity index (χ3v) is 7.64. The van der Waals surface area contributed by atoms with Gasteiger partial charge in [0.05, 0.1) is 32.0 Å². The molecule has 1 amide bonds. The van der Waals surface area contributed by atoms with E-state index in [1.54, 1.807) is 0 Å². The molecular formula is C26H35N3O3. The average molecular weight is 438 g/mol. The second-order valence-electron chi connectivity index (χ2n) is 9.74. The molecule has 0 unspecified atom stereocenters. The van der Waals surface area contributed by atoms with E-state index < -0.39 is 0 Å². The minimum atomic E-state index is 0.0736. The van der Waals surface area contributed by atoms with Crippen LogP contribution in [0, 0.1) is 5.92 Å². The van der Waals surface area contributed by atoms with Crippen molar-refractivity contribution >= 4 is 5.91 Å². The normalized spacial score (nSPS) is 28.9. The van der Waals surface area contributed by atoms with Gasteiger partial charge in [-0.3, -0.25) is 9.89 Å². The van der Waals surface area contributed by atoms with Crippen molar-refractivity contribution in [2.24, 2.45) is 5.92 Å². The largest absolute Gasteiger partial charge is 0.381 e. The summed E-state index contributed by atoms with van der Waals surface area (Å²) < 4.78 is 11.8. The van der Waals surface area contributed by atoms with Crippen molar-refractivity contribution in [1.82, 2.24) is 15.1 Å². The summed E-state index contributed by atoms with van der Waals surface area (Å²) in [6, 6.07) is 13.0. The maximum Gasteiger partial charge on any atom is 0.223 e. The van der Waals surface area contributed by atoms with Gasteiger partial charge in [-0.1, -0.05) is 30.3 Å². The Balaban J connectivity index is 1.21. The van der Waals surface area contributed by atoms with Crippen LogP contribution in [-0.2, 0) is 14.3 Å². The van der Waals surface area contributed by atoms with Gasteiger partial charge in [-0.15, -0.1) is 0 Å². The van der Waals surface area contributed by atoms with Gasteiger partial charge in [0.2, 0.25) is 5.91 Å². The standard InChI is InChI=1S/C26H35N3O3/c30-26(15-19-16-31-17-19)29-14-4-7-23(24-12-13-27-28-24)25(29)18-32-22-10-8-21(9-11-22)20-5-2-1-3-6-20/h1-3,5-6,12-13,19,21-23,25H,4,7-11,14-18H2,(H,27,28)/t21?,22?,23-,25+/m1/s1. The van der Waals surface area contributed by atoms with Crippen LogP contribution in [-0.4, -0.2) is 59.5 Å². The van der Waals surface area contributed by atoms with Crippen molar-refractivity contribution in [2.75, 3.05) is 26.4 Å². The quantitative estimate of drug-likeness (QED) is 0.703. The van der Waals surface area contributed by atoms with Crippen molar-refractivity contribution in [3.05, 3.63) is 53.9 Å². The van der Waals surface area contributed by atoms with Crippen LogP contribution >= 0.6 is 0 Å². The first kappa shape index (κ1) is 21.7. The number of rotatable bonds is 7. The molecule has 2 aromatic rings. The highest BCUT2D eigenvalue weighted by Crippen LogP contribution is 2.36. The molecule has 0 radical (unpaired) electrons. The lowest BCUT2D eigenvalue weighted by molar-refractivity contribution is -0.143. The Labute approximate surface area is 190 Å². The van der Waals surface area contributed by atoms with E-state index in [-0.39, 0.29) is 24.0 Å². The number of carbonyl (C=O) groups excluding carboxylic acids is 1. The zero-order valence-electron chi connectivity index (χ0n) is 18.8. The smallest absolute Gasteiger partial charge is 0.223 e. The predicted molar refractivity (Wildman–Crippen MR) is 122 cm³/mol. The molecule has 2 atom stereocenters. The average Bonchev–Trinajstić information content (AvgIpc) is 3.35. The summed E-state index contributed by atoms with van der Waals surface area (Å²) in [5.74, 6) is 1.54. The fourth-order valence-electron chi connectivity index (χ4n) is 5.70. The highest BCUT2D eigenvalue weighted by Gasteiger charge is 2.38. The molecule has 3 aliphatic rings. The van der Waals surface area contributed by atoms with E-state index in [1.807, 2.05) is 6.20 Å². The SMILES string of the molecule is O=C(CC1COC1)N1CCC[C@H](c2ccn[nH]2)[C@@H]1COC1CCC(c2ccccc2)CC1. The van der Waals surface area contributed by atoms with E-state index >= 15 is 0 Å². The molecule has 32 heavy (non-hydrogen) atoms. The number of aromatic nitrogens is 2. The number of carbonyl (C=O) groups is 1. The molecule has 1 saturated carbocycles. The van der Waals surface area contributed by atoms with Crippen molar-refractivity contribution in [3.8, 4) is 0 Å². The highest BCUT2D eigenvalue weighted by molar-refractivity contribution is 5.77. The van der Waals surface area contributed by atoms with Crippen molar-refractivity contribution in [3.63, 3.8) is 0 Å². The predicted octanol–water partition coefficient (Wildman–Crippen LogP) is 4.26. The number of aromatic amines is 1. The van der Waals surface area contributed by atoms with E-state index in [2.05, 4.69) is 51.5 Å². The Morgan fingerprint density at radius 3 is 2.59 bits per heavy atom. The number of amides is 1. The zero-order chi connectivity index (χ0) is 21.8. The number of H-pyrrole nitrogens is 1. The number of hydrogen-bond acceptors (Lipinski definition) is 4. The van der Waals surface area contributed by atoms with E-state index in [4.69, 9.17) is 9.47 Å². The van der Waals surface area contributed by atoms with Crippen LogP contribution in [0.4, 0.5) is 0 Å². The fraction of sp³-hybridized carbons (Fsp3) is 0.615. The molecule has 0 spiro atoms. The van der Waals surface area contributed by atoms with Gasteiger partial charge in [-0.2, -0.15) is 5.10 Å². The van der Waals surface area contributed by atoms with Gasteiger partial charge in [0, 0.05) is 36.7 Å². The Kier molecular flexibility index (Phi) is 6.89. The van der Waals surface area contributed by atoms with E-state index in [9.17, 15) is 4.79 Å². The fourth-order valence-corrected chi connectivity index (χ4v) is 5.70. The molecule has 6 heteroatoms. The number of hydrogen-bond donors (Lipinski definition) is 1.